The number of rotatable bonds is 0. The summed E-state index contributed by atoms with van der Waals surface area (Å²) >= 11 is 4.62. The van der Waals surface area contributed by atoms with E-state index in [9.17, 15) is 0 Å². The molecule has 1 nitrogen and oxygen atoms in total. The van der Waals surface area contributed by atoms with Crippen molar-refractivity contribution in [1.82, 2.24) is 0 Å². The minimum Gasteiger partial charge on any atom is -0.197 e. The lowest BCUT2D eigenvalue weighted by Gasteiger charge is -1.98. The van der Waals surface area contributed by atoms with Gasteiger partial charge in [0.1, 0.15) is 4.75 Å². The zero-order valence-corrected chi connectivity index (χ0v) is 4.67. The van der Waals surface area contributed by atoms with E-state index in [1.165, 1.54) is 0 Å². The molecule has 0 fully saturated rings. The monoisotopic (exact) mass is 100 g/mol. The second-order valence-electron chi connectivity index (χ2n) is 1.62. The van der Waals surface area contributed by atoms with E-state index in [-0.39, 0.29) is 0 Å². The summed E-state index contributed by atoms with van der Waals surface area (Å²) in [5.74, 6) is 0. The van der Waals surface area contributed by atoms with E-state index in [0.717, 1.165) is 0 Å². The van der Waals surface area contributed by atoms with Gasteiger partial charge in [-0.05, 0) is 13.8 Å². The Morgan fingerprint density at radius 3 is 1.83 bits per heavy atom. The number of nitrogens with zero attached hydrogens (tertiary/aromatic N) is 1. The van der Waals surface area contributed by atoms with Gasteiger partial charge in [0, 0.05) is 0 Å². The molecule has 0 spiro atoms. The van der Waals surface area contributed by atoms with Crippen molar-refractivity contribution in [2.24, 2.45) is 0 Å². The molecule has 0 heterocycles. The third-order valence-electron chi connectivity index (χ3n) is 0.269. The van der Waals surface area contributed by atoms with Crippen molar-refractivity contribution in [3.05, 3.63) is 0 Å². The molecule has 0 aromatic heterocycles. The first-order chi connectivity index (χ1) is 2.56. The van der Waals surface area contributed by atoms with Gasteiger partial charge >= 0.3 is 0 Å². The minimum absolute atomic E-state index is 0.569. The van der Waals surface area contributed by atoms with E-state index in [0.29, 0.717) is 0 Å². The molecular formula is C4H6NS. The van der Waals surface area contributed by atoms with E-state index in [2.05, 4.69) is 12.6 Å². The smallest absolute Gasteiger partial charge is 0.107 e. The molecule has 0 saturated carbocycles. The lowest BCUT2D eigenvalue weighted by Crippen LogP contribution is -2.03. The Labute approximate surface area is 43.4 Å². The second-order valence-corrected chi connectivity index (χ2v) is 2.64. The van der Waals surface area contributed by atoms with Crippen LogP contribution in [0.3, 0.4) is 0 Å². The van der Waals surface area contributed by atoms with E-state index < -0.39 is 4.75 Å². The summed E-state index contributed by atoms with van der Waals surface area (Å²) < 4.78 is -0.569. The van der Waals surface area contributed by atoms with Crippen molar-refractivity contribution >= 4 is 12.6 Å². The van der Waals surface area contributed by atoms with Gasteiger partial charge in [-0.2, -0.15) is 5.26 Å². The molecule has 1 radical (unpaired) electrons. The minimum atomic E-state index is -0.569. The third kappa shape index (κ3) is 3.84. The van der Waals surface area contributed by atoms with Gasteiger partial charge < -0.3 is 0 Å². The van der Waals surface area contributed by atoms with Crippen molar-refractivity contribution in [2.45, 2.75) is 18.6 Å². The summed E-state index contributed by atoms with van der Waals surface area (Å²) in [6, 6.07) is 1.92. The van der Waals surface area contributed by atoms with Gasteiger partial charge in [-0.15, -0.1) is 0 Å². The Morgan fingerprint density at radius 1 is 1.67 bits per heavy atom. The van der Waals surface area contributed by atoms with Gasteiger partial charge in [0.15, 0.2) is 0 Å². The Balaban J connectivity index is 3.55. The summed E-state index contributed by atoms with van der Waals surface area (Å²) in [6.07, 6.45) is 0. The van der Waals surface area contributed by atoms with Crippen LogP contribution in [-0.4, -0.2) is 4.75 Å². The molecule has 0 rings (SSSR count). The molecule has 6 heavy (non-hydrogen) atoms. The highest BCUT2D eigenvalue weighted by Gasteiger charge is 2.07. The van der Waals surface area contributed by atoms with Crippen LogP contribution in [0.5, 0.6) is 0 Å². The quantitative estimate of drug-likeness (QED) is 0.452. The average molecular weight is 100 g/mol. The fraction of sp³-hybridized carbons (Fsp3) is 0.750. The van der Waals surface area contributed by atoms with Crippen molar-refractivity contribution in [3.63, 3.8) is 0 Å². The molecule has 0 N–H and O–H groups in total. The molecule has 0 bridgehead atoms. The molecule has 0 aliphatic heterocycles. The number of hydrogen-bond donors (Lipinski definition) is 0. The molecular weight excluding hydrogens is 94.1 g/mol. The van der Waals surface area contributed by atoms with Crippen LogP contribution >= 0.6 is 12.6 Å². The zero-order valence-electron chi connectivity index (χ0n) is 3.86. The highest BCUT2D eigenvalue weighted by Crippen LogP contribution is 2.07. The summed E-state index contributed by atoms with van der Waals surface area (Å²) in [5, 5.41) is 8.05. The Hall–Kier alpha value is -0.160. The Bertz CT molecular complexity index is 74.5. The lowest BCUT2D eigenvalue weighted by atomic mass is 10.2. The molecule has 0 aliphatic carbocycles. The summed E-state index contributed by atoms with van der Waals surface area (Å²) in [6.45, 7) is 3.39. The number of nitriles is 1. The van der Waals surface area contributed by atoms with E-state index >= 15 is 0 Å². The number of hydrogen-bond acceptors (Lipinski definition) is 1. The normalized spacial score (nSPS) is 10.3. The van der Waals surface area contributed by atoms with Gasteiger partial charge in [0.25, 0.3) is 0 Å². The summed E-state index contributed by atoms with van der Waals surface area (Å²) in [4.78, 5) is 0. The molecule has 0 aromatic carbocycles. The molecule has 0 amide bonds. The van der Waals surface area contributed by atoms with E-state index in [1.807, 2.05) is 6.07 Å². The first-order valence-corrected chi connectivity index (χ1v) is 2.09. The average Bonchev–Trinajstić information content (AvgIpc) is 1.35. The van der Waals surface area contributed by atoms with E-state index in [4.69, 9.17) is 5.26 Å². The van der Waals surface area contributed by atoms with Crippen molar-refractivity contribution in [3.8, 4) is 6.07 Å². The van der Waals surface area contributed by atoms with Crippen molar-refractivity contribution < 1.29 is 0 Å². The Kier molecular flexibility index (Phi) is 1.48. The zero-order chi connectivity index (χ0) is 5.21. The van der Waals surface area contributed by atoms with Crippen molar-refractivity contribution in [1.29, 1.82) is 5.26 Å². The van der Waals surface area contributed by atoms with Crippen LogP contribution < -0.4 is 0 Å². The maximum atomic E-state index is 8.05. The topological polar surface area (TPSA) is 23.8 Å². The molecule has 0 saturated heterocycles. The van der Waals surface area contributed by atoms with E-state index in [1.54, 1.807) is 13.8 Å². The second kappa shape index (κ2) is 1.53. The SMILES string of the molecule is CC(C)([S])C#N. The van der Waals surface area contributed by atoms with Gasteiger partial charge in [-0.25, -0.2) is 0 Å². The molecule has 0 aliphatic rings. The van der Waals surface area contributed by atoms with Crippen LogP contribution in [0.1, 0.15) is 13.8 Å². The maximum absolute atomic E-state index is 8.05. The largest absolute Gasteiger partial charge is 0.197 e. The van der Waals surface area contributed by atoms with Gasteiger partial charge in [-0.1, -0.05) is 12.6 Å². The van der Waals surface area contributed by atoms with Gasteiger partial charge in [0.2, 0.25) is 0 Å². The van der Waals surface area contributed by atoms with Crippen LogP contribution in [0.2, 0.25) is 0 Å². The predicted molar refractivity (Wildman–Crippen MR) is 27.3 cm³/mol. The molecule has 0 aromatic rings. The third-order valence-corrected chi connectivity index (χ3v) is 0.361. The van der Waals surface area contributed by atoms with Gasteiger partial charge in [0.05, 0.1) is 6.07 Å². The molecule has 2 heteroatoms. The summed E-state index contributed by atoms with van der Waals surface area (Å²) in [7, 11) is 0. The molecule has 0 unspecified atom stereocenters. The van der Waals surface area contributed by atoms with Crippen LogP contribution in [-0.2, 0) is 0 Å². The lowest BCUT2D eigenvalue weighted by molar-refractivity contribution is 0.924. The van der Waals surface area contributed by atoms with Crippen LogP contribution in [0.15, 0.2) is 0 Å². The van der Waals surface area contributed by atoms with Gasteiger partial charge in [-0.3, -0.25) is 0 Å². The highest BCUT2D eigenvalue weighted by atomic mass is 32.1. The Morgan fingerprint density at radius 2 is 1.83 bits per heavy atom. The fourth-order valence-electron chi connectivity index (χ4n) is 0. The first-order valence-electron chi connectivity index (χ1n) is 1.68. The van der Waals surface area contributed by atoms with Crippen LogP contribution in [0.25, 0.3) is 0 Å². The van der Waals surface area contributed by atoms with Crippen LogP contribution in [0, 0.1) is 11.3 Å². The summed E-state index contributed by atoms with van der Waals surface area (Å²) in [5.41, 5.74) is 0. The van der Waals surface area contributed by atoms with Crippen LogP contribution in [0.4, 0.5) is 0 Å². The molecule has 33 valence electrons. The highest BCUT2D eigenvalue weighted by molar-refractivity contribution is 7.82. The standard InChI is InChI=1S/C4H6NS/c1-4(2,6)3-5/h1-2H3. The predicted octanol–water partition coefficient (Wildman–Crippen LogP) is 1.49. The molecule has 0 atom stereocenters. The van der Waals surface area contributed by atoms with Crippen molar-refractivity contribution in [2.75, 3.05) is 0 Å². The maximum Gasteiger partial charge on any atom is 0.107 e. The fourth-order valence-corrected chi connectivity index (χ4v) is 0. The first kappa shape index (κ1) is 5.84.